The molecule has 4 unspecified atom stereocenters. The normalized spacial score (nSPS) is 17.9. The summed E-state index contributed by atoms with van der Waals surface area (Å²) in [6, 6.07) is 73.7. The molecule has 2 saturated carbocycles. The molecule has 4 atom stereocenters. The lowest BCUT2D eigenvalue weighted by atomic mass is 9.68. The maximum absolute atomic E-state index is 2.89. The van der Waals surface area contributed by atoms with Crippen molar-refractivity contribution in [3.8, 4) is 44.5 Å². The monoisotopic (exact) mass is 1350 g/mol. The van der Waals surface area contributed by atoms with E-state index in [1.807, 2.05) is 0 Å². The lowest BCUT2D eigenvalue weighted by molar-refractivity contribution is 0.394. The Balaban J connectivity index is 0.915. The number of hydrogen-bond acceptors (Lipinski definition) is 2. The van der Waals surface area contributed by atoms with Crippen molar-refractivity contribution in [2.24, 2.45) is 0 Å². The standard InChI is InChI=1S/C100H120N2/c1-7-11-15-19-23-37-57-99(58-38-24-20-16-12-8-2)91-67-81(101(79-41-29-27-30-42-79)95-47-35-33-45-83(95)77-61-71(5)97-75-51-49-73(63-75)87(97)65-77)53-55-85(91)89-70-94-90(69-93(89)99)86-56-54-82(68-92(86)100(94,59-39-25-21-17-13-9-3)60-40-26-22-18-14-10-4)102(80-43-31-28-32-44-80)96-48-36-34-46-84(96)78-62-72(6)98-76-52-50-74(64-76)88(98)66-78/h27-36,41-48,53-56,61-62,65-70,73-76H,7-26,37-40,49-52,57-60,63-64H2,1-6H3. The summed E-state index contributed by atoms with van der Waals surface area (Å²) in [6.45, 7) is 14.3. The second-order valence-electron chi connectivity index (χ2n) is 33.0. The van der Waals surface area contributed by atoms with Crippen LogP contribution in [-0.2, 0) is 10.8 Å². The van der Waals surface area contributed by atoms with E-state index in [9.17, 15) is 0 Å². The quantitative estimate of drug-likeness (QED) is 0.0361. The summed E-state index contributed by atoms with van der Waals surface area (Å²) in [5.74, 6) is 2.88. The number of unbranched alkanes of at least 4 members (excludes halogenated alkanes) is 20. The molecule has 0 spiro atoms. The minimum Gasteiger partial charge on any atom is -0.310 e. The lowest BCUT2D eigenvalue weighted by Gasteiger charge is -2.36. The third-order valence-corrected chi connectivity index (χ3v) is 26.5. The van der Waals surface area contributed by atoms with Gasteiger partial charge in [-0.25, -0.2) is 0 Å². The van der Waals surface area contributed by atoms with Gasteiger partial charge in [-0.1, -0.05) is 291 Å². The highest BCUT2D eigenvalue weighted by Gasteiger charge is 2.49. The zero-order valence-electron chi connectivity index (χ0n) is 63.6. The largest absolute Gasteiger partial charge is 0.310 e. The van der Waals surface area contributed by atoms with Crippen LogP contribution < -0.4 is 9.80 Å². The average molecular weight is 1350 g/mol. The first kappa shape index (κ1) is 70.3. The molecule has 9 aromatic rings. The Bertz CT molecular complexity index is 4030. The number of benzene rings is 9. The topological polar surface area (TPSA) is 6.48 Å². The molecule has 0 aromatic heterocycles. The Kier molecular flexibility index (Phi) is 22.0. The van der Waals surface area contributed by atoms with Crippen molar-refractivity contribution >= 4 is 34.1 Å². The molecule has 0 heterocycles. The van der Waals surface area contributed by atoms with Crippen molar-refractivity contribution in [3.63, 3.8) is 0 Å². The van der Waals surface area contributed by atoms with Gasteiger partial charge in [0.2, 0.25) is 0 Å². The maximum Gasteiger partial charge on any atom is 0.0540 e. The van der Waals surface area contributed by atoms with Gasteiger partial charge in [0.1, 0.15) is 0 Å². The lowest BCUT2D eigenvalue weighted by Crippen LogP contribution is -2.27. The van der Waals surface area contributed by atoms with Gasteiger partial charge in [0.05, 0.1) is 11.4 Å². The molecule has 4 bridgehead atoms. The van der Waals surface area contributed by atoms with E-state index in [0.29, 0.717) is 11.8 Å². The molecular formula is C100H120N2. The fourth-order valence-electron chi connectivity index (χ4n) is 21.5. The zero-order chi connectivity index (χ0) is 69.6. The van der Waals surface area contributed by atoms with Crippen molar-refractivity contribution in [3.05, 3.63) is 238 Å². The molecule has 6 aliphatic rings. The maximum atomic E-state index is 2.89. The van der Waals surface area contributed by atoms with Gasteiger partial charge in [-0.15, -0.1) is 0 Å². The van der Waals surface area contributed by atoms with Crippen LogP contribution >= 0.6 is 0 Å². The van der Waals surface area contributed by atoms with Gasteiger partial charge in [-0.3, -0.25) is 0 Å². The first-order valence-electron chi connectivity index (χ1n) is 41.9. The zero-order valence-corrected chi connectivity index (χ0v) is 63.6. The molecule has 9 aromatic carbocycles. The van der Waals surface area contributed by atoms with Crippen molar-refractivity contribution in [1.82, 2.24) is 0 Å². The molecule has 2 heteroatoms. The predicted octanol–water partition coefficient (Wildman–Crippen LogP) is 30.8. The number of fused-ring (bicyclic) bond motifs is 16. The first-order chi connectivity index (χ1) is 50.2. The Morgan fingerprint density at radius 2 is 0.608 bits per heavy atom. The number of anilines is 6. The van der Waals surface area contributed by atoms with Crippen LogP contribution in [0.25, 0.3) is 44.5 Å². The van der Waals surface area contributed by atoms with Crippen molar-refractivity contribution in [2.45, 2.75) is 294 Å². The molecule has 6 aliphatic carbocycles. The number of hydrogen-bond donors (Lipinski definition) is 0. The van der Waals surface area contributed by atoms with E-state index >= 15 is 0 Å². The molecule has 0 aliphatic heterocycles. The summed E-state index contributed by atoms with van der Waals surface area (Å²) in [7, 11) is 0. The second-order valence-corrected chi connectivity index (χ2v) is 33.0. The van der Waals surface area contributed by atoms with Crippen LogP contribution in [0.2, 0.25) is 0 Å². The number of nitrogens with zero attached hydrogens (tertiary/aromatic N) is 2. The van der Waals surface area contributed by atoms with E-state index in [4.69, 9.17) is 0 Å². The van der Waals surface area contributed by atoms with Gasteiger partial charge in [0, 0.05) is 44.7 Å². The highest BCUT2D eigenvalue weighted by Crippen LogP contribution is 2.64. The van der Waals surface area contributed by atoms with E-state index in [2.05, 4.69) is 233 Å². The van der Waals surface area contributed by atoms with Gasteiger partial charge in [0.15, 0.2) is 0 Å². The molecular weight excluding hydrogens is 1230 g/mol. The number of para-hydroxylation sites is 4. The van der Waals surface area contributed by atoms with E-state index < -0.39 is 0 Å². The fourth-order valence-corrected chi connectivity index (χ4v) is 21.5. The third-order valence-electron chi connectivity index (χ3n) is 26.5. The van der Waals surface area contributed by atoms with E-state index in [-0.39, 0.29) is 10.8 Å². The Hall–Kier alpha value is -7.42. The van der Waals surface area contributed by atoms with Crippen LogP contribution in [0.15, 0.2) is 182 Å². The SMILES string of the molecule is CCCCCCCCC1(CCCCCCCC)c2cc(N(c3ccccc3)c3ccccc3-c3cc(C)c4c(c3)C3CCC4C3)ccc2-c2cc3c(cc21)-c1ccc(N(c2ccccc2)c2ccccc2-c2cc(C)c4c(c2)C2CCC4C2)cc1C3(CCCCCCCC)CCCCCCCC. The highest BCUT2D eigenvalue weighted by molar-refractivity contribution is 5.96. The summed E-state index contributed by atoms with van der Waals surface area (Å²) in [6.07, 6.45) is 44.0. The fraction of sp³-hybridized carbons (Fsp3) is 0.460. The van der Waals surface area contributed by atoms with Gasteiger partial charge >= 0.3 is 0 Å². The second kappa shape index (κ2) is 31.9. The third kappa shape index (κ3) is 13.6. The van der Waals surface area contributed by atoms with Gasteiger partial charge in [-0.2, -0.15) is 0 Å². The molecule has 0 amide bonds. The molecule has 530 valence electrons. The molecule has 102 heavy (non-hydrogen) atoms. The summed E-state index contributed by atoms with van der Waals surface area (Å²) in [4.78, 5) is 5.31. The Morgan fingerprint density at radius 1 is 0.284 bits per heavy atom. The van der Waals surface area contributed by atoms with Gasteiger partial charge in [-0.05, 0) is 264 Å². The summed E-state index contributed by atoms with van der Waals surface area (Å²) >= 11 is 0. The van der Waals surface area contributed by atoms with Crippen molar-refractivity contribution in [2.75, 3.05) is 9.80 Å². The Labute approximate surface area is 616 Å². The van der Waals surface area contributed by atoms with E-state index in [1.165, 1.54) is 308 Å². The van der Waals surface area contributed by atoms with Crippen LogP contribution in [0.4, 0.5) is 34.1 Å². The molecule has 2 nitrogen and oxygen atoms in total. The molecule has 0 N–H and O–H groups in total. The van der Waals surface area contributed by atoms with Crippen LogP contribution in [0.5, 0.6) is 0 Å². The Morgan fingerprint density at radius 3 is 0.980 bits per heavy atom. The smallest absolute Gasteiger partial charge is 0.0540 e. The van der Waals surface area contributed by atoms with Crippen LogP contribution in [0.1, 0.15) is 325 Å². The van der Waals surface area contributed by atoms with Crippen molar-refractivity contribution < 1.29 is 0 Å². The predicted molar refractivity (Wildman–Crippen MR) is 439 cm³/mol. The van der Waals surface area contributed by atoms with Crippen molar-refractivity contribution in [1.29, 1.82) is 0 Å². The first-order valence-corrected chi connectivity index (χ1v) is 41.9. The molecule has 2 fully saturated rings. The van der Waals surface area contributed by atoms with E-state index in [0.717, 1.165) is 11.8 Å². The minimum absolute atomic E-state index is 0.142. The van der Waals surface area contributed by atoms with E-state index in [1.54, 1.807) is 44.5 Å². The van der Waals surface area contributed by atoms with Crippen LogP contribution in [-0.4, -0.2) is 0 Å². The highest BCUT2D eigenvalue weighted by atomic mass is 15.2. The van der Waals surface area contributed by atoms with Crippen LogP contribution in [0.3, 0.4) is 0 Å². The molecule has 0 saturated heterocycles. The summed E-state index contributed by atoms with van der Waals surface area (Å²) < 4.78 is 0. The van der Waals surface area contributed by atoms with Crippen LogP contribution in [0, 0.1) is 13.8 Å². The van der Waals surface area contributed by atoms with Gasteiger partial charge < -0.3 is 9.80 Å². The average Bonchev–Trinajstić information content (AvgIpc) is 1.53. The molecule has 15 rings (SSSR count). The van der Waals surface area contributed by atoms with Gasteiger partial charge in [0.25, 0.3) is 0 Å². The summed E-state index contributed by atoms with van der Waals surface area (Å²) in [5.41, 5.74) is 34.6. The molecule has 0 radical (unpaired) electrons. The number of aryl methyl sites for hydroxylation is 2. The minimum atomic E-state index is -0.142. The number of rotatable bonds is 36. The summed E-state index contributed by atoms with van der Waals surface area (Å²) in [5, 5.41) is 0.